The molecule has 0 saturated carbocycles. The fraction of sp³-hybridized carbons (Fsp3) is 0.0476. The van der Waals surface area contributed by atoms with Gasteiger partial charge in [0.15, 0.2) is 11.6 Å². The molecule has 134 valence electrons. The Balaban J connectivity index is 1.99. The van der Waals surface area contributed by atoms with E-state index in [0.29, 0.717) is 16.0 Å². The Hall–Kier alpha value is -2.76. The van der Waals surface area contributed by atoms with Crippen molar-refractivity contribution in [1.82, 2.24) is 0 Å². The van der Waals surface area contributed by atoms with Crippen molar-refractivity contribution in [3.05, 3.63) is 94.0 Å². The Labute approximate surface area is 162 Å². The van der Waals surface area contributed by atoms with E-state index in [1.807, 2.05) is 6.07 Å². The summed E-state index contributed by atoms with van der Waals surface area (Å²) in [6, 6.07) is 18.5. The predicted molar refractivity (Wildman–Crippen MR) is 106 cm³/mol. The number of fused-ring (bicyclic) bond motifs is 2. The van der Waals surface area contributed by atoms with Crippen LogP contribution in [-0.4, -0.2) is 22.0 Å². The number of benzene rings is 3. The second-order valence-corrected chi connectivity index (χ2v) is 8.89. The van der Waals surface area contributed by atoms with E-state index in [9.17, 15) is 13.8 Å². The van der Waals surface area contributed by atoms with Crippen molar-refractivity contribution in [2.24, 2.45) is 4.36 Å². The Kier molecular flexibility index (Phi) is 4.21. The Morgan fingerprint density at radius 3 is 1.96 bits per heavy atom. The first-order chi connectivity index (χ1) is 12.9. The summed E-state index contributed by atoms with van der Waals surface area (Å²) in [7, 11) is -2.81. The van der Waals surface area contributed by atoms with Crippen molar-refractivity contribution in [2.75, 3.05) is 6.26 Å². The molecule has 0 amide bonds. The molecule has 1 atom stereocenters. The molecule has 1 unspecified atom stereocenters. The molecule has 0 aromatic heterocycles. The van der Waals surface area contributed by atoms with Gasteiger partial charge in [0.05, 0.1) is 31.6 Å². The highest BCUT2D eigenvalue weighted by atomic mass is 35.5. The number of carbonyl (C=O) groups is 2. The van der Waals surface area contributed by atoms with Gasteiger partial charge in [0.1, 0.15) is 0 Å². The second-order valence-electron chi connectivity index (χ2n) is 6.23. The number of carbonyl (C=O) groups excluding carboxylic acids is 2. The van der Waals surface area contributed by atoms with E-state index in [2.05, 4.69) is 4.36 Å². The Bertz CT molecular complexity index is 1230. The van der Waals surface area contributed by atoms with Gasteiger partial charge in [-0.3, -0.25) is 9.59 Å². The highest BCUT2D eigenvalue weighted by Crippen LogP contribution is 2.38. The average molecular weight is 396 g/mol. The lowest BCUT2D eigenvalue weighted by atomic mass is 9.83. The summed E-state index contributed by atoms with van der Waals surface area (Å²) in [6.07, 6.45) is 1.51. The van der Waals surface area contributed by atoms with Crippen LogP contribution < -0.4 is 0 Å². The van der Waals surface area contributed by atoms with Crippen LogP contribution in [0, 0.1) is 0 Å². The minimum Gasteiger partial charge on any atom is -0.289 e. The van der Waals surface area contributed by atoms with Crippen LogP contribution in [0.4, 0.5) is 5.69 Å². The van der Waals surface area contributed by atoms with Crippen molar-refractivity contribution < 1.29 is 13.8 Å². The van der Waals surface area contributed by atoms with E-state index in [1.165, 1.54) is 18.4 Å². The summed E-state index contributed by atoms with van der Waals surface area (Å²) in [5.74, 6) is -0.672. The molecular weight excluding hydrogens is 382 g/mol. The zero-order valence-corrected chi connectivity index (χ0v) is 15.9. The van der Waals surface area contributed by atoms with Gasteiger partial charge >= 0.3 is 0 Å². The molecule has 0 bridgehead atoms. The van der Waals surface area contributed by atoms with Gasteiger partial charge in [0, 0.05) is 22.3 Å². The lowest BCUT2D eigenvalue weighted by Gasteiger charge is -2.20. The molecule has 0 aliphatic heterocycles. The summed E-state index contributed by atoms with van der Waals surface area (Å²) in [5, 5.41) is 0.180. The smallest absolute Gasteiger partial charge is 0.196 e. The van der Waals surface area contributed by atoms with Gasteiger partial charge in [-0.2, -0.15) is 4.36 Å². The molecule has 27 heavy (non-hydrogen) atoms. The first-order valence-electron chi connectivity index (χ1n) is 8.18. The Morgan fingerprint density at radius 1 is 0.778 bits per heavy atom. The molecule has 6 heteroatoms. The van der Waals surface area contributed by atoms with E-state index in [1.54, 1.807) is 48.5 Å². The van der Waals surface area contributed by atoms with Crippen molar-refractivity contribution in [2.45, 2.75) is 4.90 Å². The van der Waals surface area contributed by atoms with Gasteiger partial charge in [-0.15, -0.1) is 0 Å². The molecule has 0 N–H and O–H groups in total. The van der Waals surface area contributed by atoms with Crippen molar-refractivity contribution in [3.63, 3.8) is 0 Å². The number of hydrogen-bond donors (Lipinski definition) is 0. The zero-order valence-electron chi connectivity index (χ0n) is 14.3. The maximum absolute atomic E-state index is 13.2. The lowest BCUT2D eigenvalue weighted by molar-refractivity contribution is 0.0979. The van der Waals surface area contributed by atoms with Crippen molar-refractivity contribution in [3.8, 4) is 0 Å². The monoisotopic (exact) mass is 395 g/mol. The lowest BCUT2D eigenvalue weighted by Crippen LogP contribution is -2.21. The normalized spacial score (nSPS) is 14.9. The van der Waals surface area contributed by atoms with Crippen LogP contribution in [0.25, 0.3) is 0 Å². The van der Waals surface area contributed by atoms with Gasteiger partial charge in [0.2, 0.25) is 0 Å². The van der Waals surface area contributed by atoms with E-state index < -0.39 is 9.73 Å². The molecule has 1 aliphatic carbocycles. The minimum absolute atomic E-state index is 0.108. The van der Waals surface area contributed by atoms with Gasteiger partial charge in [-0.1, -0.05) is 54.1 Å². The van der Waals surface area contributed by atoms with E-state index >= 15 is 0 Å². The van der Waals surface area contributed by atoms with Crippen LogP contribution >= 0.6 is 11.6 Å². The fourth-order valence-corrected chi connectivity index (χ4v) is 4.69. The van der Waals surface area contributed by atoms with Crippen LogP contribution in [0.2, 0.25) is 5.02 Å². The summed E-state index contributed by atoms with van der Waals surface area (Å²) in [4.78, 5) is 26.5. The minimum atomic E-state index is -2.81. The van der Waals surface area contributed by atoms with Crippen LogP contribution in [0.3, 0.4) is 0 Å². The molecule has 3 aromatic rings. The first-order valence-corrected chi connectivity index (χ1v) is 10.5. The third-order valence-corrected chi connectivity index (χ3v) is 6.46. The topological polar surface area (TPSA) is 63.6 Å². The number of ketones is 2. The van der Waals surface area contributed by atoms with Crippen LogP contribution in [0.5, 0.6) is 0 Å². The van der Waals surface area contributed by atoms with E-state index in [4.69, 9.17) is 11.6 Å². The highest BCUT2D eigenvalue weighted by Gasteiger charge is 2.33. The second kappa shape index (κ2) is 6.44. The van der Waals surface area contributed by atoms with Crippen molar-refractivity contribution in [1.29, 1.82) is 0 Å². The van der Waals surface area contributed by atoms with Gasteiger partial charge in [-0.05, 0) is 24.3 Å². The fourth-order valence-electron chi connectivity index (χ4n) is 3.16. The standard InChI is InChI=1S/C21H14ClNO3S/c1-27(26,13-7-3-2-4-8-13)23-17-12-11-16(22)18-19(17)21(25)15-10-6-5-9-14(15)20(18)24/h2-12H,1H3. The molecule has 4 nitrogen and oxygen atoms in total. The highest BCUT2D eigenvalue weighted by molar-refractivity contribution is 7.93. The molecule has 0 spiro atoms. The van der Waals surface area contributed by atoms with Gasteiger partial charge < -0.3 is 0 Å². The van der Waals surface area contributed by atoms with Crippen molar-refractivity contribution >= 4 is 38.6 Å². The van der Waals surface area contributed by atoms with Gasteiger partial charge in [-0.25, -0.2) is 4.21 Å². The third-order valence-electron chi connectivity index (χ3n) is 4.46. The largest absolute Gasteiger partial charge is 0.289 e. The number of nitrogens with zero attached hydrogens (tertiary/aromatic N) is 1. The number of halogens is 1. The first kappa shape index (κ1) is 17.6. The summed E-state index contributed by atoms with van der Waals surface area (Å²) in [6.45, 7) is 0. The third kappa shape index (κ3) is 2.89. The van der Waals surface area contributed by atoms with Crippen LogP contribution in [0.1, 0.15) is 31.8 Å². The van der Waals surface area contributed by atoms with Crippen LogP contribution in [0.15, 0.2) is 76.0 Å². The molecule has 0 heterocycles. The molecular formula is C21H14ClNO3S. The van der Waals surface area contributed by atoms with E-state index in [-0.39, 0.29) is 33.4 Å². The molecule has 0 saturated heterocycles. The van der Waals surface area contributed by atoms with E-state index in [0.717, 1.165) is 0 Å². The predicted octanol–water partition coefficient (Wildman–Crippen LogP) is 4.90. The quantitative estimate of drug-likeness (QED) is 0.484. The zero-order chi connectivity index (χ0) is 19.2. The maximum Gasteiger partial charge on any atom is 0.196 e. The molecule has 1 aliphatic rings. The number of rotatable bonds is 2. The SMILES string of the molecule is CS(=O)(=Nc1ccc(Cl)c2c1C(=O)c1ccccc1C2=O)c1ccccc1. The summed E-state index contributed by atoms with van der Waals surface area (Å²) >= 11 is 6.24. The summed E-state index contributed by atoms with van der Waals surface area (Å²) < 4.78 is 17.5. The van der Waals surface area contributed by atoms with Crippen LogP contribution in [-0.2, 0) is 9.73 Å². The summed E-state index contributed by atoms with van der Waals surface area (Å²) in [5.41, 5.74) is 1.05. The van der Waals surface area contributed by atoms with Gasteiger partial charge in [0.25, 0.3) is 0 Å². The maximum atomic E-state index is 13.2. The molecule has 4 rings (SSSR count). The molecule has 3 aromatic carbocycles. The number of hydrogen-bond acceptors (Lipinski definition) is 4. The Morgan fingerprint density at radius 2 is 1.33 bits per heavy atom. The molecule has 0 fully saturated rings. The average Bonchev–Trinajstić information content (AvgIpc) is 2.68. The molecule has 0 radical (unpaired) electrons.